The zero-order chi connectivity index (χ0) is 19.3. The summed E-state index contributed by atoms with van der Waals surface area (Å²) in [6.45, 7) is 10.1. The van der Waals surface area contributed by atoms with Crippen LogP contribution in [-0.4, -0.2) is 29.6 Å². The molecule has 1 heterocycles. The summed E-state index contributed by atoms with van der Waals surface area (Å²) >= 11 is 1.06. The minimum atomic E-state index is -0.691. The first kappa shape index (κ1) is 19.9. The first-order valence-corrected chi connectivity index (χ1v) is 9.23. The Morgan fingerprint density at radius 2 is 1.88 bits per heavy atom. The number of thiazole rings is 1. The molecular weight excluding hydrogens is 352 g/mol. The Morgan fingerprint density at radius 1 is 1.23 bits per heavy atom. The lowest BCUT2D eigenvalue weighted by molar-refractivity contribution is -0.122. The molecule has 0 saturated carbocycles. The van der Waals surface area contributed by atoms with Crippen molar-refractivity contribution in [2.75, 3.05) is 11.9 Å². The van der Waals surface area contributed by atoms with Crippen molar-refractivity contribution in [2.24, 2.45) is 0 Å². The largest absolute Gasteiger partial charge is 0.481 e. The van der Waals surface area contributed by atoms with E-state index in [0.29, 0.717) is 10.8 Å². The smallest absolute Gasteiger partial charge is 0.367 e. The van der Waals surface area contributed by atoms with Crippen LogP contribution in [0.2, 0.25) is 0 Å². The molecule has 0 aliphatic rings. The average Bonchev–Trinajstić information content (AvgIpc) is 3.03. The number of rotatable bonds is 6. The van der Waals surface area contributed by atoms with Crippen molar-refractivity contribution in [1.29, 1.82) is 0 Å². The molecule has 0 bridgehead atoms. The van der Waals surface area contributed by atoms with Gasteiger partial charge in [-0.15, -0.1) is 0 Å². The molecule has 0 fully saturated rings. The fourth-order valence-electron chi connectivity index (χ4n) is 2.13. The van der Waals surface area contributed by atoms with Crippen molar-refractivity contribution >= 4 is 28.2 Å². The number of hydrogen-bond acceptors (Lipinski definition) is 6. The van der Waals surface area contributed by atoms with Crippen molar-refractivity contribution < 1.29 is 19.1 Å². The van der Waals surface area contributed by atoms with Gasteiger partial charge in [0.15, 0.2) is 6.10 Å². The molecule has 0 unspecified atom stereocenters. The van der Waals surface area contributed by atoms with Gasteiger partial charge in [0.1, 0.15) is 10.8 Å². The number of hydrogen-bond donors (Lipinski definition) is 1. The highest BCUT2D eigenvalue weighted by atomic mass is 32.1. The van der Waals surface area contributed by atoms with Crippen LogP contribution < -0.4 is 10.1 Å². The number of benzene rings is 1. The van der Waals surface area contributed by atoms with E-state index in [9.17, 15) is 9.59 Å². The van der Waals surface area contributed by atoms with Gasteiger partial charge < -0.3 is 14.8 Å². The Labute approximate surface area is 157 Å². The van der Waals surface area contributed by atoms with Gasteiger partial charge in [0, 0.05) is 0 Å². The molecule has 0 radical (unpaired) electrons. The number of anilines is 1. The molecule has 26 heavy (non-hydrogen) atoms. The van der Waals surface area contributed by atoms with Crippen LogP contribution in [0.1, 0.15) is 50.0 Å². The summed E-state index contributed by atoms with van der Waals surface area (Å²) in [5.74, 6) is -0.192. The lowest BCUT2D eigenvalue weighted by Gasteiger charge is -2.20. The number of amides is 1. The zero-order valence-corrected chi connectivity index (χ0v) is 16.5. The fourth-order valence-corrected chi connectivity index (χ4v) is 2.85. The predicted octanol–water partition coefficient (Wildman–Crippen LogP) is 4.02. The molecular formula is C19H24N2O4S. The Hall–Kier alpha value is -2.41. The van der Waals surface area contributed by atoms with Crippen molar-refractivity contribution in [1.82, 2.24) is 4.98 Å². The number of carbonyl (C=O) groups excluding carboxylic acids is 2. The lowest BCUT2D eigenvalue weighted by atomic mass is 9.87. The summed E-state index contributed by atoms with van der Waals surface area (Å²) in [5, 5.41) is 3.37. The maximum Gasteiger partial charge on any atom is 0.367 e. The van der Waals surface area contributed by atoms with E-state index >= 15 is 0 Å². The summed E-state index contributed by atoms with van der Waals surface area (Å²) < 4.78 is 10.6. The Morgan fingerprint density at radius 3 is 2.46 bits per heavy atom. The molecule has 2 rings (SSSR count). The van der Waals surface area contributed by atoms with Crippen LogP contribution >= 0.6 is 11.3 Å². The van der Waals surface area contributed by atoms with E-state index in [2.05, 4.69) is 31.1 Å². The third kappa shape index (κ3) is 5.29. The number of nitrogens with zero attached hydrogens (tertiary/aromatic N) is 1. The van der Waals surface area contributed by atoms with Crippen LogP contribution in [0, 0.1) is 0 Å². The lowest BCUT2D eigenvalue weighted by Crippen LogP contribution is -2.29. The SMILES string of the molecule is CCOC(=O)c1ncc(NC(=O)[C@@H](C)Oc2ccc(C(C)(C)C)cc2)s1. The van der Waals surface area contributed by atoms with E-state index in [4.69, 9.17) is 9.47 Å². The standard InChI is InChI=1S/C19H24N2O4S/c1-6-24-18(23)17-20-11-15(26-17)21-16(22)12(2)25-14-9-7-13(8-10-14)19(3,4)5/h7-12H,6H2,1-5H3,(H,21,22)/t12-/m1/s1. The van der Waals surface area contributed by atoms with Gasteiger partial charge in [-0.2, -0.15) is 0 Å². The quantitative estimate of drug-likeness (QED) is 0.771. The van der Waals surface area contributed by atoms with Gasteiger partial charge in [0.25, 0.3) is 5.91 Å². The topological polar surface area (TPSA) is 77.5 Å². The minimum Gasteiger partial charge on any atom is -0.481 e. The molecule has 1 aromatic heterocycles. The van der Waals surface area contributed by atoms with Crippen LogP contribution in [0.5, 0.6) is 5.75 Å². The zero-order valence-electron chi connectivity index (χ0n) is 15.7. The van der Waals surface area contributed by atoms with Gasteiger partial charge in [-0.25, -0.2) is 9.78 Å². The second-order valence-corrected chi connectivity index (χ2v) is 7.80. The van der Waals surface area contributed by atoms with Crippen LogP contribution in [0.15, 0.2) is 30.5 Å². The Kier molecular flexibility index (Phi) is 6.37. The van der Waals surface area contributed by atoms with Crippen molar-refractivity contribution in [2.45, 2.75) is 46.1 Å². The number of nitrogens with one attached hydrogen (secondary N) is 1. The first-order valence-electron chi connectivity index (χ1n) is 8.41. The highest BCUT2D eigenvalue weighted by Gasteiger charge is 2.19. The molecule has 6 nitrogen and oxygen atoms in total. The molecule has 0 aliphatic heterocycles. The normalized spacial score (nSPS) is 12.3. The van der Waals surface area contributed by atoms with Gasteiger partial charge in [-0.05, 0) is 37.0 Å². The molecule has 0 saturated heterocycles. The van der Waals surface area contributed by atoms with Gasteiger partial charge in [0.2, 0.25) is 5.01 Å². The Bertz CT molecular complexity index is 763. The van der Waals surface area contributed by atoms with E-state index in [1.54, 1.807) is 13.8 Å². The van der Waals surface area contributed by atoms with Crippen LogP contribution in [0.3, 0.4) is 0 Å². The summed E-state index contributed by atoms with van der Waals surface area (Å²) in [6.07, 6.45) is 0.739. The third-order valence-corrected chi connectivity index (χ3v) is 4.50. The van der Waals surface area contributed by atoms with E-state index in [1.165, 1.54) is 11.8 Å². The van der Waals surface area contributed by atoms with Gasteiger partial charge in [0.05, 0.1) is 12.8 Å². The van der Waals surface area contributed by atoms with Crippen LogP contribution in [-0.2, 0) is 14.9 Å². The van der Waals surface area contributed by atoms with E-state index < -0.39 is 12.1 Å². The molecule has 1 aromatic carbocycles. The summed E-state index contributed by atoms with van der Waals surface area (Å²) in [5.41, 5.74) is 1.25. The van der Waals surface area contributed by atoms with Crippen molar-refractivity contribution in [3.05, 3.63) is 41.0 Å². The van der Waals surface area contributed by atoms with Crippen molar-refractivity contribution in [3.63, 3.8) is 0 Å². The summed E-state index contributed by atoms with van der Waals surface area (Å²) in [6, 6.07) is 7.70. The third-order valence-electron chi connectivity index (χ3n) is 3.60. The highest BCUT2D eigenvalue weighted by Crippen LogP contribution is 2.25. The second-order valence-electron chi connectivity index (χ2n) is 6.77. The van der Waals surface area contributed by atoms with Gasteiger partial charge in [-0.1, -0.05) is 44.2 Å². The molecule has 0 aliphatic carbocycles. The van der Waals surface area contributed by atoms with E-state index in [1.807, 2.05) is 24.3 Å². The molecule has 1 atom stereocenters. The van der Waals surface area contributed by atoms with Crippen LogP contribution in [0.4, 0.5) is 5.00 Å². The number of ether oxygens (including phenoxy) is 2. The summed E-state index contributed by atoms with van der Waals surface area (Å²) in [4.78, 5) is 27.8. The predicted molar refractivity (Wildman–Crippen MR) is 102 cm³/mol. The summed E-state index contributed by atoms with van der Waals surface area (Å²) in [7, 11) is 0. The second kappa shape index (κ2) is 8.31. The average molecular weight is 376 g/mol. The molecule has 1 N–H and O–H groups in total. The highest BCUT2D eigenvalue weighted by molar-refractivity contribution is 7.17. The molecule has 7 heteroatoms. The monoisotopic (exact) mass is 376 g/mol. The number of esters is 1. The Balaban J connectivity index is 1.94. The van der Waals surface area contributed by atoms with E-state index in [0.717, 1.165) is 11.3 Å². The first-order chi connectivity index (χ1) is 12.2. The fraction of sp³-hybridized carbons (Fsp3) is 0.421. The minimum absolute atomic E-state index is 0.0598. The van der Waals surface area contributed by atoms with Gasteiger partial charge in [-0.3, -0.25) is 4.79 Å². The van der Waals surface area contributed by atoms with E-state index in [-0.39, 0.29) is 22.9 Å². The maximum atomic E-state index is 12.3. The molecule has 1 amide bonds. The molecule has 2 aromatic rings. The maximum absolute atomic E-state index is 12.3. The molecule has 0 spiro atoms. The van der Waals surface area contributed by atoms with Crippen LogP contribution in [0.25, 0.3) is 0 Å². The van der Waals surface area contributed by atoms with Crippen molar-refractivity contribution in [3.8, 4) is 5.75 Å². The molecule has 140 valence electrons. The number of aromatic nitrogens is 1. The van der Waals surface area contributed by atoms with Gasteiger partial charge >= 0.3 is 5.97 Å². The number of carbonyl (C=O) groups is 2.